The first kappa shape index (κ1) is 12.6. The third-order valence-electron chi connectivity index (χ3n) is 2.58. The lowest BCUT2D eigenvalue weighted by molar-refractivity contribution is 0.375. The fourth-order valence-corrected chi connectivity index (χ4v) is 1.79. The molecule has 0 amide bonds. The fourth-order valence-electron chi connectivity index (χ4n) is 1.79. The van der Waals surface area contributed by atoms with Crippen molar-refractivity contribution in [3.8, 4) is 5.69 Å². The highest BCUT2D eigenvalue weighted by Gasteiger charge is 2.27. The molecule has 0 bridgehead atoms. The zero-order chi connectivity index (χ0) is 13.6. The molecule has 1 aromatic heterocycles. The van der Waals surface area contributed by atoms with Gasteiger partial charge in [0.05, 0.1) is 0 Å². The number of benzene rings is 1. The van der Waals surface area contributed by atoms with Crippen LogP contribution in [0, 0.1) is 42.9 Å². The van der Waals surface area contributed by atoms with Crippen LogP contribution in [0.25, 0.3) is 5.69 Å². The van der Waals surface area contributed by atoms with E-state index >= 15 is 0 Å². The smallest absolute Gasteiger partial charge is 0.200 e. The lowest BCUT2D eigenvalue weighted by atomic mass is 10.2. The van der Waals surface area contributed by atoms with Gasteiger partial charge in [0.25, 0.3) is 0 Å². The fraction of sp³-hybridized carbons (Fsp3) is 0.167. The Morgan fingerprint density at radius 3 is 1.61 bits per heavy atom. The summed E-state index contributed by atoms with van der Waals surface area (Å²) >= 11 is 0. The second-order valence-electron chi connectivity index (χ2n) is 3.95. The Kier molecular flexibility index (Phi) is 2.88. The first-order chi connectivity index (χ1) is 8.34. The maximum Gasteiger partial charge on any atom is 0.200 e. The molecule has 0 atom stereocenters. The largest absolute Gasteiger partial charge is 0.316 e. The average Bonchev–Trinajstić information content (AvgIpc) is 2.64. The molecular formula is C12H8F5N. The first-order valence-corrected chi connectivity index (χ1v) is 5.02. The molecule has 96 valence electrons. The van der Waals surface area contributed by atoms with Crippen LogP contribution in [0.3, 0.4) is 0 Å². The standard InChI is InChI=1S/C12H8F5N/c1-5-3-6(2)18(4-5)12-10(16)8(14)7(13)9(15)11(12)17/h3-4H,1-2H3. The molecule has 18 heavy (non-hydrogen) atoms. The predicted octanol–water partition coefficient (Wildman–Crippen LogP) is 3.79. The monoisotopic (exact) mass is 261 g/mol. The van der Waals surface area contributed by atoms with Gasteiger partial charge in [0.1, 0.15) is 5.69 Å². The van der Waals surface area contributed by atoms with E-state index in [2.05, 4.69) is 0 Å². The van der Waals surface area contributed by atoms with Crippen LogP contribution < -0.4 is 0 Å². The maximum absolute atomic E-state index is 13.5. The second kappa shape index (κ2) is 4.12. The molecule has 0 radical (unpaired) electrons. The van der Waals surface area contributed by atoms with Gasteiger partial charge in [0.15, 0.2) is 23.3 Å². The maximum atomic E-state index is 13.5. The van der Waals surface area contributed by atoms with Crippen molar-refractivity contribution >= 4 is 0 Å². The summed E-state index contributed by atoms with van der Waals surface area (Å²) in [4.78, 5) is 0. The zero-order valence-corrected chi connectivity index (χ0v) is 9.49. The Morgan fingerprint density at radius 1 is 0.778 bits per heavy atom. The van der Waals surface area contributed by atoms with Crippen molar-refractivity contribution in [2.75, 3.05) is 0 Å². The minimum absolute atomic E-state index is 0.371. The van der Waals surface area contributed by atoms with Crippen molar-refractivity contribution in [1.29, 1.82) is 0 Å². The van der Waals surface area contributed by atoms with E-state index in [1.165, 1.54) is 13.1 Å². The predicted molar refractivity (Wildman–Crippen MR) is 55.0 cm³/mol. The summed E-state index contributed by atoms with van der Waals surface area (Å²) in [5.74, 6) is -9.74. The molecule has 0 saturated heterocycles. The van der Waals surface area contributed by atoms with Crippen LogP contribution in [0.1, 0.15) is 11.3 Å². The van der Waals surface area contributed by atoms with E-state index in [0.29, 0.717) is 11.3 Å². The number of halogens is 5. The molecule has 2 rings (SSSR count). The molecule has 0 N–H and O–H groups in total. The quantitative estimate of drug-likeness (QED) is 0.418. The Bertz CT molecular complexity index is 601. The molecule has 1 aromatic carbocycles. The first-order valence-electron chi connectivity index (χ1n) is 5.02. The van der Waals surface area contributed by atoms with Crippen LogP contribution in [-0.2, 0) is 0 Å². The van der Waals surface area contributed by atoms with Crippen molar-refractivity contribution < 1.29 is 22.0 Å². The van der Waals surface area contributed by atoms with Crippen LogP contribution in [-0.4, -0.2) is 4.57 Å². The Balaban J connectivity index is 2.84. The highest BCUT2D eigenvalue weighted by Crippen LogP contribution is 2.27. The van der Waals surface area contributed by atoms with E-state index in [4.69, 9.17) is 0 Å². The van der Waals surface area contributed by atoms with Gasteiger partial charge in [-0.3, -0.25) is 0 Å². The zero-order valence-electron chi connectivity index (χ0n) is 9.49. The number of aryl methyl sites for hydroxylation is 2. The Hall–Kier alpha value is -1.85. The lowest BCUT2D eigenvalue weighted by Gasteiger charge is -2.10. The SMILES string of the molecule is Cc1cc(C)n(-c2c(F)c(F)c(F)c(F)c2F)c1. The molecular weight excluding hydrogens is 253 g/mol. The summed E-state index contributed by atoms with van der Waals surface area (Å²) < 4.78 is 67.0. The van der Waals surface area contributed by atoms with E-state index < -0.39 is 34.8 Å². The summed E-state index contributed by atoms with van der Waals surface area (Å²) in [6.45, 7) is 3.15. The van der Waals surface area contributed by atoms with Crippen LogP contribution in [0.2, 0.25) is 0 Å². The van der Waals surface area contributed by atoms with Gasteiger partial charge in [-0.2, -0.15) is 0 Å². The van der Waals surface area contributed by atoms with Gasteiger partial charge in [-0.05, 0) is 25.5 Å². The average molecular weight is 261 g/mol. The summed E-state index contributed by atoms with van der Waals surface area (Å²) in [6, 6.07) is 1.57. The molecule has 0 spiro atoms. The second-order valence-corrected chi connectivity index (χ2v) is 3.95. The Labute approximate surface area is 99.5 Å². The van der Waals surface area contributed by atoms with Crippen LogP contribution in [0.5, 0.6) is 0 Å². The van der Waals surface area contributed by atoms with E-state index in [0.717, 1.165) is 4.57 Å². The number of aromatic nitrogens is 1. The van der Waals surface area contributed by atoms with Gasteiger partial charge < -0.3 is 4.57 Å². The molecule has 0 aliphatic rings. The van der Waals surface area contributed by atoms with Gasteiger partial charge in [-0.25, -0.2) is 22.0 Å². The number of hydrogen-bond donors (Lipinski definition) is 0. The minimum atomic E-state index is -2.16. The van der Waals surface area contributed by atoms with E-state index in [9.17, 15) is 22.0 Å². The number of nitrogens with zero attached hydrogens (tertiary/aromatic N) is 1. The van der Waals surface area contributed by atoms with Crippen molar-refractivity contribution in [2.45, 2.75) is 13.8 Å². The van der Waals surface area contributed by atoms with Crippen molar-refractivity contribution in [1.82, 2.24) is 4.57 Å². The van der Waals surface area contributed by atoms with Gasteiger partial charge in [0, 0.05) is 11.9 Å². The molecule has 2 aromatic rings. The highest BCUT2D eigenvalue weighted by atomic mass is 19.2. The van der Waals surface area contributed by atoms with E-state index in [-0.39, 0.29) is 0 Å². The molecule has 0 aliphatic heterocycles. The summed E-state index contributed by atoms with van der Waals surface area (Å²) in [7, 11) is 0. The molecule has 0 unspecified atom stereocenters. The van der Waals surface area contributed by atoms with E-state index in [1.54, 1.807) is 13.0 Å². The summed E-state index contributed by atoms with van der Waals surface area (Å²) in [6.07, 6.45) is 1.30. The van der Waals surface area contributed by atoms with Crippen LogP contribution in [0.15, 0.2) is 12.3 Å². The highest BCUT2D eigenvalue weighted by molar-refractivity contribution is 5.41. The molecule has 1 heterocycles. The number of rotatable bonds is 1. The lowest BCUT2D eigenvalue weighted by Crippen LogP contribution is -2.09. The third-order valence-corrected chi connectivity index (χ3v) is 2.58. The van der Waals surface area contributed by atoms with Crippen LogP contribution >= 0.6 is 0 Å². The summed E-state index contributed by atoms with van der Waals surface area (Å²) in [5, 5.41) is 0. The minimum Gasteiger partial charge on any atom is -0.316 e. The van der Waals surface area contributed by atoms with Gasteiger partial charge in [-0.15, -0.1) is 0 Å². The van der Waals surface area contributed by atoms with Crippen LogP contribution in [0.4, 0.5) is 22.0 Å². The van der Waals surface area contributed by atoms with Gasteiger partial charge >= 0.3 is 0 Å². The normalized spacial score (nSPS) is 11.1. The molecule has 1 nitrogen and oxygen atoms in total. The van der Waals surface area contributed by atoms with Crippen molar-refractivity contribution in [3.63, 3.8) is 0 Å². The molecule has 6 heteroatoms. The Morgan fingerprint density at radius 2 is 1.22 bits per heavy atom. The summed E-state index contributed by atoms with van der Waals surface area (Å²) in [5.41, 5.74) is 0.0594. The van der Waals surface area contributed by atoms with Gasteiger partial charge in [-0.1, -0.05) is 0 Å². The van der Waals surface area contributed by atoms with E-state index in [1.807, 2.05) is 0 Å². The van der Waals surface area contributed by atoms with Crippen molar-refractivity contribution in [2.24, 2.45) is 0 Å². The number of hydrogen-bond acceptors (Lipinski definition) is 0. The molecule has 0 aliphatic carbocycles. The topological polar surface area (TPSA) is 4.93 Å². The third kappa shape index (κ3) is 1.68. The van der Waals surface area contributed by atoms with Gasteiger partial charge in [0.2, 0.25) is 5.82 Å². The molecule has 0 saturated carbocycles. The molecule has 0 fully saturated rings. The van der Waals surface area contributed by atoms with Crippen molar-refractivity contribution in [3.05, 3.63) is 52.6 Å².